The molecule has 1 atom stereocenters. The van der Waals surface area contributed by atoms with Crippen LogP contribution in [-0.2, 0) is 14.3 Å². The maximum Gasteiger partial charge on any atom is 0.328 e. The summed E-state index contributed by atoms with van der Waals surface area (Å²) in [5, 5.41) is 0. The molecule has 1 heterocycles. The Morgan fingerprint density at radius 1 is 1.57 bits per heavy atom. The third kappa shape index (κ3) is 3.83. The first kappa shape index (κ1) is 16.0. The Morgan fingerprint density at radius 3 is 3.05 bits per heavy atom. The predicted molar refractivity (Wildman–Crippen MR) is 88.6 cm³/mol. The molecule has 4 nitrogen and oxygen atoms in total. The van der Waals surface area contributed by atoms with Crippen molar-refractivity contribution in [1.82, 2.24) is 4.90 Å². The number of allylic oxidation sites excluding steroid dienone is 4. The summed E-state index contributed by atoms with van der Waals surface area (Å²) in [5.41, 5.74) is 0.966. The van der Waals surface area contributed by atoms with Crippen molar-refractivity contribution in [2.75, 3.05) is 6.61 Å². The van der Waals surface area contributed by atoms with Gasteiger partial charge in [0.2, 0.25) is 0 Å². The van der Waals surface area contributed by atoms with E-state index in [1.54, 1.807) is 37.4 Å². The van der Waals surface area contributed by atoms with Crippen molar-refractivity contribution in [3.63, 3.8) is 0 Å². The molecular formula is C15H16BrNO3S. The zero-order valence-corrected chi connectivity index (χ0v) is 14.2. The van der Waals surface area contributed by atoms with Gasteiger partial charge in [-0.05, 0) is 26.0 Å². The quantitative estimate of drug-likeness (QED) is 0.559. The van der Waals surface area contributed by atoms with Crippen molar-refractivity contribution in [1.29, 1.82) is 0 Å². The van der Waals surface area contributed by atoms with Gasteiger partial charge in [-0.1, -0.05) is 28.1 Å². The van der Waals surface area contributed by atoms with Gasteiger partial charge >= 0.3 is 5.97 Å². The maximum absolute atomic E-state index is 11.8. The summed E-state index contributed by atoms with van der Waals surface area (Å²) in [6, 6.07) is -0.412. The summed E-state index contributed by atoms with van der Waals surface area (Å²) in [4.78, 5) is 14.4. The van der Waals surface area contributed by atoms with Crippen LogP contribution in [0.5, 0.6) is 0 Å². The first-order valence-electron chi connectivity index (χ1n) is 6.62. The van der Waals surface area contributed by atoms with Crippen molar-refractivity contribution in [2.24, 2.45) is 0 Å². The molecule has 0 bridgehead atoms. The van der Waals surface area contributed by atoms with Gasteiger partial charge in [-0.3, -0.25) is 0 Å². The standard InChI is InChI=1S/C15H16BrNO3S/c1-3-19-15(18)10(2)17-6-7-20-14(9-17)12-8-11(21)4-5-13(12)16/h4-7,9-10H,3,8H2,1-2H3/t10-/m1/s1. The largest absolute Gasteiger partial charge is 0.464 e. The smallest absolute Gasteiger partial charge is 0.328 e. The number of ether oxygens (including phenoxy) is 2. The van der Waals surface area contributed by atoms with Gasteiger partial charge in [0, 0.05) is 33.7 Å². The zero-order chi connectivity index (χ0) is 15.4. The fourth-order valence-electron chi connectivity index (χ4n) is 1.95. The average Bonchev–Trinajstić information content (AvgIpc) is 2.49. The molecule has 0 radical (unpaired) electrons. The van der Waals surface area contributed by atoms with E-state index in [4.69, 9.17) is 21.7 Å². The van der Waals surface area contributed by atoms with E-state index in [2.05, 4.69) is 15.9 Å². The fraction of sp³-hybridized carbons (Fsp3) is 0.333. The maximum atomic E-state index is 11.8. The second kappa shape index (κ2) is 7.04. The van der Waals surface area contributed by atoms with Crippen LogP contribution in [0.3, 0.4) is 0 Å². The van der Waals surface area contributed by atoms with Gasteiger partial charge in [0.25, 0.3) is 0 Å². The number of rotatable bonds is 4. The molecule has 0 saturated heterocycles. The number of nitrogens with zero attached hydrogens (tertiary/aromatic N) is 1. The van der Waals surface area contributed by atoms with Gasteiger partial charge in [-0.2, -0.15) is 0 Å². The second-order valence-electron chi connectivity index (χ2n) is 4.57. The number of hydrogen-bond donors (Lipinski definition) is 0. The van der Waals surface area contributed by atoms with E-state index in [1.807, 2.05) is 12.2 Å². The summed E-state index contributed by atoms with van der Waals surface area (Å²) in [7, 11) is 0. The van der Waals surface area contributed by atoms with Crippen molar-refractivity contribution >= 4 is 39.0 Å². The minimum Gasteiger partial charge on any atom is -0.464 e. The van der Waals surface area contributed by atoms with Gasteiger partial charge in [0.15, 0.2) is 0 Å². The molecule has 0 N–H and O–H groups in total. The van der Waals surface area contributed by atoms with E-state index in [-0.39, 0.29) is 5.97 Å². The fourth-order valence-corrected chi connectivity index (χ4v) is 2.63. The normalized spacial score (nSPS) is 19.3. The molecular weight excluding hydrogens is 354 g/mol. The number of hydrogen-bond acceptors (Lipinski definition) is 5. The van der Waals surface area contributed by atoms with Crippen LogP contribution in [0, 0.1) is 0 Å². The SMILES string of the molecule is CCOC(=O)[C@@H](C)N1C=COC(C2=C(Br)C=CC(=S)C2)=C1. The van der Waals surface area contributed by atoms with E-state index < -0.39 is 6.04 Å². The summed E-state index contributed by atoms with van der Waals surface area (Å²) < 4.78 is 11.5. The predicted octanol–water partition coefficient (Wildman–Crippen LogP) is 3.56. The lowest BCUT2D eigenvalue weighted by Crippen LogP contribution is -2.34. The number of carbonyl (C=O) groups excluding carboxylic acids is 1. The summed E-state index contributed by atoms with van der Waals surface area (Å²) in [6.07, 6.45) is 9.48. The molecule has 0 saturated carbocycles. The van der Waals surface area contributed by atoms with E-state index in [9.17, 15) is 4.79 Å². The molecule has 0 amide bonds. The van der Waals surface area contributed by atoms with Crippen LogP contribution in [0.15, 0.2) is 46.6 Å². The lowest BCUT2D eigenvalue weighted by atomic mass is 10.0. The van der Waals surface area contributed by atoms with Crippen LogP contribution >= 0.6 is 28.1 Å². The monoisotopic (exact) mass is 369 g/mol. The Balaban J connectivity index is 2.20. The molecule has 0 aromatic carbocycles. The number of carbonyl (C=O) groups is 1. The van der Waals surface area contributed by atoms with Crippen LogP contribution in [0.25, 0.3) is 0 Å². The van der Waals surface area contributed by atoms with Gasteiger partial charge in [0.05, 0.1) is 6.61 Å². The molecule has 112 valence electrons. The lowest BCUT2D eigenvalue weighted by molar-refractivity contribution is -0.147. The minimum atomic E-state index is -0.412. The molecule has 1 aliphatic carbocycles. The van der Waals surface area contributed by atoms with Crippen LogP contribution < -0.4 is 0 Å². The molecule has 2 aliphatic rings. The van der Waals surface area contributed by atoms with Crippen molar-refractivity contribution in [3.05, 3.63) is 46.6 Å². The van der Waals surface area contributed by atoms with Crippen molar-refractivity contribution < 1.29 is 14.3 Å². The minimum absolute atomic E-state index is 0.272. The van der Waals surface area contributed by atoms with Gasteiger partial charge in [0.1, 0.15) is 18.1 Å². The Hall–Kier alpha value is -1.40. The lowest BCUT2D eigenvalue weighted by Gasteiger charge is -2.27. The Labute approximate surface area is 137 Å². The molecule has 6 heteroatoms. The van der Waals surface area contributed by atoms with Gasteiger partial charge < -0.3 is 14.4 Å². The number of halogens is 1. The van der Waals surface area contributed by atoms with Crippen LogP contribution in [0.2, 0.25) is 0 Å². The Bertz CT molecular complexity index is 577. The Morgan fingerprint density at radius 2 is 2.33 bits per heavy atom. The summed E-state index contributed by atoms with van der Waals surface area (Å²) >= 11 is 8.74. The van der Waals surface area contributed by atoms with Crippen LogP contribution in [0.1, 0.15) is 20.3 Å². The van der Waals surface area contributed by atoms with Crippen LogP contribution in [-0.4, -0.2) is 28.4 Å². The first-order valence-corrected chi connectivity index (χ1v) is 7.82. The third-order valence-corrected chi connectivity index (χ3v) is 4.14. The Kier molecular flexibility index (Phi) is 5.36. The highest BCUT2D eigenvalue weighted by molar-refractivity contribution is 9.11. The van der Waals surface area contributed by atoms with Crippen molar-refractivity contribution in [3.8, 4) is 0 Å². The van der Waals surface area contributed by atoms with Crippen LogP contribution in [0.4, 0.5) is 0 Å². The first-order chi connectivity index (χ1) is 10.0. The number of esters is 1. The summed E-state index contributed by atoms with van der Waals surface area (Å²) in [5.74, 6) is 0.402. The molecule has 21 heavy (non-hydrogen) atoms. The zero-order valence-electron chi connectivity index (χ0n) is 11.8. The molecule has 0 spiro atoms. The van der Waals surface area contributed by atoms with Gasteiger partial charge in [-0.15, -0.1) is 0 Å². The number of thiocarbonyl (C=S) groups is 1. The van der Waals surface area contributed by atoms with E-state index >= 15 is 0 Å². The highest BCUT2D eigenvalue weighted by Crippen LogP contribution is 2.31. The molecule has 0 unspecified atom stereocenters. The highest BCUT2D eigenvalue weighted by Gasteiger charge is 2.24. The molecule has 1 aliphatic heterocycles. The van der Waals surface area contributed by atoms with Gasteiger partial charge in [-0.25, -0.2) is 4.79 Å². The third-order valence-electron chi connectivity index (χ3n) is 3.12. The van der Waals surface area contributed by atoms with E-state index in [1.165, 1.54) is 0 Å². The van der Waals surface area contributed by atoms with E-state index in [0.29, 0.717) is 18.8 Å². The molecule has 0 fully saturated rings. The highest BCUT2D eigenvalue weighted by atomic mass is 79.9. The summed E-state index contributed by atoms with van der Waals surface area (Å²) in [6.45, 7) is 3.94. The molecule has 0 aromatic rings. The molecule has 0 aromatic heterocycles. The average molecular weight is 370 g/mol. The van der Waals surface area contributed by atoms with Crippen molar-refractivity contribution in [2.45, 2.75) is 26.3 Å². The van der Waals surface area contributed by atoms with E-state index in [0.717, 1.165) is 14.9 Å². The topological polar surface area (TPSA) is 38.8 Å². The second-order valence-corrected chi connectivity index (χ2v) is 5.95. The molecule has 2 rings (SSSR count).